The Balaban J connectivity index is 3.23. The number of hydrogen-bond acceptors (Lipinski definition) is 1. The molecular weight excluding hydrogens is 196 g/mol. The summed E-state index contributed by atoms with van der Waals surface area (Å²) in [6, 6.07) is 0. The number of unbranched alkanes of at least 4 members (excludes halogenated alkanes) is 5. The number of allylic oxidation sites excluding steroid dienone is 3. The van der Waals surface area contributed by atoms with E-state index in [1.165, 1.54) is 38.5 Å². The smallest absolute Gasteiger partial charge is 0.108 e. The van der Waals surface area contributed by atoms with Gasteiger partial charge in [-0.2, -0.15) is 0 Å². The van der Waals surface area contributed by atoms with Crippen LogP contribution in [0, 0.1) is 0 Å². The molecule has 16 heavy (non-hydrogen) atoms. The van der Waals surface area contributed by atoms with Crippen LogP contribution in [0.15, 0.2) is 36.6 Å². The molecule has 92 valence electrons. The predicted octanol–water partition coefficient (Wildman–Crippen LogP) is 5.01. The average molecular weight is 222 g/mol. The van der Waals surface area contributed by atoms with Crippen molar-refractivity contribution in [2.75, 3.05) is 6.61 Å². The molecule has 0 saturated heterocycles. The average Bonchev–Trinajstić information content (AvgIpc) is 2.25. The van der Waals surface area contributed by atoms with E-state index in [1.807, 2.05) is 13.0 Å². The van der Waals surface area contributed by atoms with Crippen LogP contribution in [0.1, 0.15) is 52.4 Å². The third-order valence-electron chi connectivity index (χ3n) is 2.23. The van der Waals surface area contributed by atoms with Crippen molar-refractivity contribution in [3.63, 3.8) is 0 Å². The molecule has 0 radical (unpaired) electrons. The summed E-state index contributed by atoms with van der Waals surface area (Å²) < 4.78 is 5.22. The van der Waals surface area contributed by atoms with Crippen molar-refractivity contribution in [1.82, 2.24) is 0 Å². The molecule has 0 atom stereocenters. The fourth-order valence-electron chi connectivity index (χ4n) is 1.33. The van der Waals surface area contributed by atoms with Crippen LogP contribution in [0.3, 0.4) is 0 Å². The molecule has 0 aliphatic carbocycles. The predicted molar refractivity (Wildman–Crippen MR) is 72.4 cm³/mol. The van der Waals surface area contributed by atoms with Crippen molar-refractivity contribution in [2.24, 2.45) is 0 Å². The number of ether oxygens (including phenoxy) is 1. The molecule has 0 aromatic heterocycles. The molecule has 0 N–H and O–H groups in total. The first-order chi connectivity index (χ1) is 7.77. The summed E-state index contributed by atoms with van der Waals surface area (Å²) in [5.74, 6) is 0. The first-order valence-corrected chi connectivity index (χ1v) is 6.35. The quantitative estimate of drug-likeness (QED) is 0.218. The second kappa shape index (κ2) is 12.1. The minimum Gasteiger partial charge on any atom is -0.497 e. The molecule has 0 unspecified atom stereocenters. The zero-order valence-corrected chi connectivity index (χ0v) is 10.9. The van der Waals surface area contributed by atoms with Gasteiger partial charge in [0.05, 0.1) is 6.26 Å². The molecule has 0 aromatic rings. The van der Waals surface area contributed by atoms with Crippen molar-refractivity contribution >= 4 is 0 Å². The van der Waals surface area contributed by atoms with Gasteiger partial charge in [-0.1, -0.05) is 51.3 Å². The van der Waals surface area contributed by atoms with Gasteiger partial charge in [0.1, 0.15) is 6.61 Å². The highest BCUT2D eigenvalue weighted by Gasteiger charge is 1.85. The van der Waals surface area contributed by atoms with Crippen LogP contribution in [0.4, 0.5) is 0 Å². The standard InChI is InChI=1S/C15H26O/c1-4-5-6-7-8-9-10-11-12-13-16-14-15(2)3/h10-13H,2,4-9,14H2,1,3H3/b11-10+,13-12-. The largest absolute Gasteiger partial charge is 0.497 e. The number of rotatable bonds is 10. The highest BCUT2D eigenvalue weighted by molar-refractivity contribution is 5.00. The van der Waals surface area contributed by atoms with E-state index in [9.17, 15) is 0 Å². The molecule has 0 aliphatic heterocycles. The lowest BCUT2D eigenvalue weighted by atomic mass is 10.1. The lowest BCUT2D eigenvalue weighted by Crippen LogP contribution is -1.85. The van der Waals surface area contributed by atoms with Gasteiger partial charge in [-0.25, -0.2) is 0 Å². The SMILES string of the molecule is C=C(C)CO/C=C\C=C\CCCCCCC. The third-order valence-corrected chi connectivity index (χ3v) is 2.23. The maximum atomic E-state index is 5.22. The van der Waals surface area contributed by atoms with Crippen LogP contribution in [-0.2, 0) is 4.74 Å². The highest BCUT2D eigenvalue weighted by Crippen LogP contribution is 2.05. The van der Waals surface area contributed by atoms with E-state index in [4.69, 9.17) is 4.74 Å². The third kappa shape index (κ3) is 13.0. The summed E-state index contributed by atoms with van der Waals surface area (Å²) in [5.41, 5.74) is 1.05. The van der Waals surface area contributed by atoms with Crippen molar-refractivity contribution in [1.29, 1.82) is 0 Å². The molecule has 0 bridgehead atoms. The van der Waals surface area contributed by atoms with Crippen LogP contribution in [0.5, 0.6) is 0 Å². The molecule has 1 heteroatoms. The van der Waals surface area contributed by atoms with E-state index in [1.54, 1.807) is 6.26 Å². The molecule has 0 aromatic carbocycles. The van der Waals surface area contributed by atoms with Crippen molar-refractivity contribution in [3.05, 3.63) is 36.6 Å². The maximum Gasteiger partial charge on any atom is 0.108 e. The van der Waals surface area contributed by atoms with Gasteiger partial charge < -0.3 is 4.74 Å². The van der Waals surface area contributed by atoms with Crippen molar-refractivity contribution in [2.45, 2.75) is 52.4 Å². The zero-order chi connectivity index (χ0) is 12.1. The Hall–Kier alpha value is -0.980. The molecule has 0 spiro atoms. The highest BCUT2D eigenvalue weighted by atomic mass is 16.5. The summed E-state index contributed by atoms with van der Waals surface area (Å²) in [4.78, 5) is 0. The van der Waals surface area contributed by atoms with Crippen LogP contribution < -0.4 is 0 Å². The Labute approximate surface area is 101 Å². The molecule has 1 nitrogen and oxygen atoms in total. The van der Waals surface area contributed by atoms with E-state index < -0.39 is 0 Å². The maximum absolute atomic E-state index is 5.22. The fraction of sp³-hybridized carbons (Fsp3) is 0.600. The Bertz CT molecular complexity index is 213. The van der Waals surface area contributed by atoms with E-state index in [0.29, 0.717) is 6.61 Å². The Morgan fingerprint density at radius 1 is 1.12 bits per heavy atom. The van der Waals surface area contributed by atoms with Gasteiger partial charge in [0, 0.05) is 0 Å². The Morgan fingerprint density at radius 2 is 1.88 bits per heavy atom. The zero-order valence-electron chi connectivity index (χ0n) is 10.9. The number of hydrogen-bond donors (Lipinski definition) is 0. The summed E-state index contributed by atoms with van der Waals surface area (Å²) in [5, 5.41) is 0. The summed E-state index contributed by atoms with van der Waals surface area (Å²) in [6.07, 6.45) is 15.8. The van der Waals surface area contributed by atoms with Crippen LogP contribution in [-0.4, -0.2) is 6.61 Å². The monoisotopic (exact) mass is 222 g/mol. The first kappa shape index (κ1) is 15.0. The van der Waals surface area contributed by atoms with Gasteiger partial charge in [-0.3, -0.25) is 0 Å². The topological polar surface area (TPSA) is 9.23 Å². The molecule has 0 saturated carbocycles. The van der Waals surface area contributed by atoms with Crippen LogP contribution in [0.25, 0.3) is 0 Å². The van der Waals surface area contributed by atoms with Crippen molar-refractivity contribution in [3.8, 4) is 0 Å². The van der Waals surface area contributed by atoms with Gasteiger partial charge >= 0.3 is 0 Å². The lowest BCUT2D eigenvalue weighted by Gasteiger charge is -1.97. The Kier molecular flexibility index (Phi) is 11.4. The van der Waals surface area contributed by atoms with E-state index >= 15 is 0 Å². The lowest BCUT2D eigenvalue weighted by molar-refractivity contribution is 0.281. The summed E-state index contributed by atoms with van der Waals surface area (Å²) in [6.45, 7) is 8.58. The minimum absolute atomic E-state index is 0.612. The molecule has 0 rings (SSSR count). The van der Waals surface area contributed by atoms with Gasteiger partial charge in [-0.15, -0.1) is 0 Å². The van der Waals surface area contributed by atoms with Gasteiger partial charge in [0.15, 0.2) is 0 Å². The van der Waals surface area contributed by atoms with E-state index in [2.05, 4.69) is 25.7 Å². The van der Waals surface area contributed by atoms with Gasteiger partial charge in [0.2, 0.25) is 0 Å². The molecule has 0 fully saturated rings. The fourth-order valence-corrected chi connectivity index (χ4v) is 1.33. The van der Waals surface area contributed by atoms with Gasteiger partial charge in [-0.05, 0) is 31.4 Å². The summed E-state index contributed by atoms with van der Waals surface area (Å²) >= 11 is 0. The van der Waals surface area contributed by atoms with Gasteiger partial charge in [0.25, 0.3) is 0 Å². The van der Waals surface area contributed by atoms with Crippen LogP contribution in [0.2, 0.25) is 0 Å². The molecule has 0 heterocycles. The van der Waals surface area contributed by atoms with Crippen molar-refractivity contribution < 1.29 is 4.74 Å². The molecular formula is C15H26O. The Morgan fingerprint density at radius 3 is 2.56 bits per heavy atom. The van der Waals surface area contributed by atoms with Crippen LogP contribution >= 0.6 is 0 Å². The molecule has 0 aliphatic rings. The van der Waals surface area contributed by atoms with E-state index in [0.717, 1.165) is 5.57 Å². The minimum atomic E-state index is 0.612. The normalized spacial score (nSPS) is 11.4. The second-order valence-corrected chi connectivity index (χ2v) is 4.23. The second-order valence-electron chi connectivity index (χ2n) is 4.23. The van der Waals surface area contributed by atoms with E-state index in [-0.39, 0.29) is 0 Å². The first-order valence-electron chi connectivity index (χ1n) is 6.35. The molecule has 0 amide bonds. The summed E-state index contributed by atoms with van der Waals surface area (Å²) in [7, 11) is 0.